The Labute approximate surface area is 70.1 Å². The SMILES string of the molecule is C=C(C)[C@H](CO)CCC(C)C. The number of hydrogen-bond donors (Lipinski definition) is 1. The Bertz CT molecular complexity index is 116. The van der Waals surface area contributed by atoms with Crippen LogP contribution in [0, 0.1) is 11.8 Å². The molecule has 0 aromatic heterocycles. The molecule has 0 radical (unpaired) electrons. The topological polar surface area (TPSA) is 20.2 Å². The van der Waals surface area contributed by atoms with Crippen molar-refractivity contribution in [3.05, 3.63) is 12.2 Å². The quantitative estimate of drug-likeness (QED) is 0.607. The van der Waals surface area contributed by atoms with Gasteiger partial charge in [-0.3, -0.25) is 0 Å². The standard InChI is InChI=1S/C10H20O/c1-8(2)5-6-10(7-11)9(3)4/h8,10-11H,3,5-7H2,1-2,4H3/t10-/m0/s1. The lowest BCUT2D eigenvalue weighted by atomic mass is 9.94. The smallest absolute Gasteiger partial charge is 0.0496 e. The van der Waals surface area contributed by atoms with Crippen LogP contribution in [-0.4, -0.2) is 11.7 Å². The predicted octanol–water partition coefficient (Wildman–Crippen LogP) is 2.61. The molecule has 0 unspecified atom stereocenters. The van der Waals surface area contributed by atoms with Gasteiger partial charge in [0.2, 0.25) is 0 Å². The minimum Gasteiger partial charge on any atom is -0.396 e. The van der Waals surface area contributed by atoms with Crippen LogP contribution in [0.25, 0.3) is 0 Å². The molecule has 0 bridgehead atoms. The Morgan fingerprint density at radius 2 is 1.91 bits per heavy atom. The second-order valence-corrected chi connectivity index (χ2v) is 3.70. The third-order valence-electron chi connectivity index (χ3n) is 2.01. The molecule has 0 aliphatic heterocycles. The van der Waals surface area contributed by atoms with Crippen LogP contribution >= 0.6 is 0 Å². The summed E-state index contributed by atoms with van der Waals surface area (Å²) in [5.74, 6) is 1.04. The van der Waals surface area contributed by atoms with Crippen LogP contribution in [0.4, 0.5) is 0 Å². The molecular weight excluding hydrogens is 136 g/mol. The molecule has 0 saturated carbocycles. The highest BCUT2D eigenvalue weighted by Crippen LogP contribution is 2.17. The number of hydrogen-bond acceptors (Lipinski definition) is 1. The summed E-state index contributed by atoms with van der Waals surface area (Å²) < 4.78 is 0. The zero-order valence-electron chi connectivity index (χ0n) is 7.93. The Morgan fingerprint density at radius 1 is 1.36 bits per heavy atom. The van der Waals surface area contributed by atoms with Crippen molar-refractivity contribution in [3.63, 3.8) is 0 Å². The molecule has 0 saturated heterocycles. The first-order valence-corrected chi connectivity index (χ1v) is 4.34. The molecule has 0 aliphatic rings. The Hall–Kier alpha value is -0.300. The maximum Gasteiger partial charge on any atom is 0.0496 e. The number of rotatable bonds is 5. The van der Waals surface area contributed by atoms with Gasteiger partial charge in [-0.05, 0) is 19.3 Å². The van der Waals surface area contributed by atoms with E-state index in [1.165, 1.54) is 6.42 Å². The van der Waals surface area contributed by atoms with E-state index < -0.39 is 0 Å². The molecule has 66 valence electrons. The summed E-state index contributed by atoms with van der Waals surface area (Å²) in [6, 6.07) is 0. The fourth-order valence-corrected chi connectivity index (χ4v) is 1.03. The van der Waals surface area contributed by atoms with Crippen LogP contribution < -0.4 is 0 Å². The van der Waals surface area contributed by atoms with Gasteiger partial charge in [0.25, 0.3) is 0 Å². The summed E-state index contributed by atoms with van der Waals surface area (Å²) in [4.78, 5) is 0. The van der Waals surface area contributed by atoms with Crippen molar-refractivity contribution < 1.29 is 5.11 Å². The van der Waals surface area contributed by atoms with Gasteiger partial charge >= 0.3 is 0 Å². The van der Waals surface area contributed by atoms with E-state index in [9.17, 15) is 0 Å². The van der Waals surface area contributed by atoms with Gasteiger partial charge in [-0.15, -0.1) is 0 Å². The molecule has 1 N–H and O–H groups in total. The summed E-state index contributed by atoms with van der Waals surface area (Å²) in [7, 11) is 0. The molecule has 1 heteroatoms. The summed E-state index contributed by atoms with van der Waals surface area (Å²) in [6.45, 7) is 10.5. The summed E-state index contributed by atoms with van der Waals surface area (Å²) in [6.07, 6.45) is 2.25. The van der Waals surface area contributed by atoms with Crippen LogP contribution in [-0.2, 0) is 0 Å². The Balaban J connectivity index is 3.61. The minimum atomic E-state index is 0.252. The van der Waals surface area contributed by atoms with Crippen molar-refractivity contribution in [2.75, 3.05) is 6.61 Å². The number of aliphatic hydroxyl groups is 1. The lowest BCUT2D eigenvalue weighted by Gasteiger charge is -2.14. The van der Waals surface area contributed by atoms with Gasteiger partial charge in [-0.1, -0.05) is 32.4 Å². The first kappa shape index (κ1) is 10.7. The largest absolute Gasteiger partial charge is 0.396 e. The van der Waals surface area contributed by atoms with Crippen LogP contribution in [0.2, 0.25) is 0 Å². The van der Waals surface area contributed by atoms with E-state index in [-0.39, 0.29) is 6.61 Å². The molecule has 11 heavy (non-hydrogen) atoms. The Kier molecular flexibility index (Phi) is 5.22. The summed E-state index contributed by atoms with van der Waals surface area (Å²) >= 11 is 0. The van der Waals surface area contributed by atoms with Crippen molar-refractivity contribution in [2.24, 2.45) is 11.8 Å². The van der Waals surface area contributed by atoms with Gasteiger partial charge in [0.1, 0.15) is 0 Å². The molecule has 0 heterocycles. The van der Waals surface area contributed by atoms with Gasteiger partial charge in [-0.2, -0.15) is 0 Å². The van der Waals surface area contributed by atoms with E-state index in [0.717, 1.165) is 17.9 Å². The normalized spacial score (nSPS) is 13.5. The van der Waals surface area contributed by atoms with Gasteiger partial charge in [0.15, 0.2) is 0 Å². The van der Waals surface area contributed by atoms with Crippen LogP contribution in [0.5, 0.6) is 0 Å². The highest BCUT2D eigenvalue weighted by molar-refractivity contribution is 4.95. The van der Waals surface area contributed by atoms with Crippen LogP contribution in [0.3, 0.4) is 0 Å². The second-order valence-electron chi connectivity index (χ2n) is 3.70. The lowest BCUT2D eigenvalue weighted by Crippen LogP contribution is -2.07. The summed E-state index contributed by atoms with van der Waals surface area (Å²) in [5.41, 5.74) is 1.10. The molecule has 1 nitrogen and oxygen atoms in total. The molecular formula is C10H20O. The van der Waals surface area contributed by atoms with E-state index in [1.54, 1.807) is 0 Å². The fraction of sp³-hybridized carbons (Fsp3) is 0.800. The molecule has 0 aromatic carbocycles. The molecule has 0 aromatic rings. The van der Waals surface area contributed by atoms with E-state index in [0.29, 0.717) is 5.92 Å². The molecule has 0 spiro atoms. The van der Waals surface area contributed by atoms with Crippen LogP contribution in [0.1, 0.15) is 33.6 Å². The number of aliphatic hydroxyl groups excluding tert-OH is 1. The summed E-state index contributed by atoms with van der Waals surface area (Å²) in [5, 5.41) is 8.95. The van der Waals surface area contributed by atoms with Crippen molar-refractivity contribution in [1.29, 1.82) is 0 Å². The van der Waals surface area contributed by atoms with E-state index in [1.807, 2.05) is 6.92 Å². The van der Waals surface area contributed by atoms with E-state index in [2.05, 4.69) is 20.4 Å². The maximum absolute atomic E-state index is 8.95. The first-order chi connectivity index (χ1) is 5.07. The Morgan fingerprint density at radius 3 is 2.18 bits per heavy atom. The third kappa shape index (κ3) is 5.02. The predicted molar refractivity (Wildman–Crippen MR) is 49.5 cm³/mol. The van der Waals surface area contributed by atoms with Gasteiger partial charge in [0.05, 0.1) is 0 Å². The fourth-order valence-electron chi connectivity index (χ4n) is 1.03. The van der Waals surface area contributed by atoms with Crippen molar-refractivity contribution >= 4 is 0 Å². The van der Waals surface area contributed by atoms with Gasteiger partial charge < -0.3 is 5.11 Å². The minimum absolute atomic E-state index is 0.252. The molecule has 0 fully saturated rings. The first-order valence-electron chi connectivity index (χ1n) is 4.34. The molecule has 0 rings (SSSR count). The van der Waals surface area contributed by atoms with Crippen LogP contribution in [0.15, 0.2) is 12.2 Å². The average molecular weight is 156 g/mol. The van der Waals surface area contributed by atoms with Gasteiger partial charge in [0, 0.05) is 12.5 Å². The molecule has 0 aliphatic carbocycles. The van der Waals surface area contributed by atoms with Crippen molar-refractivity contribution in [3.8, 4) is 0 Å². The van der Waals surface area contributed by atoms with E-state index in [4.69, 9.17) is 5.11 Å². The monoisotopic (exact) mass is 156 g/mol. The van der Waals surface area contributed by atoms with Crippen molar-refractivity contribution in [2.45, 2.75) is 33.6 Å². The third-order valence-corrected chi connectivity index (χ3v) is 2.01. The lowest BCUT2D eigenvalue weighted by molar-refractivity contribution is 0.233. The molecule has 1 atom stereocenters. The zero-order valence-corrected chi connectivity index (χ0v) is 7.93. The van der Waals surface area contributed by atoms with E-state index >= 15 is 0 Å². The van der Waals surface area contributed by atoms with Crippen molar-refractivity contribution in [1.82, 2.24) is 0 Å². The highest BCUT2D eigenvalue weighted by atomic mass is 16.3. The van der Waals surface area contributed by atoms with Gasteiger partial charge in [-0.25, -0.2) is 0 Å². The molecule has 0 amide bonds. The highest BCUT2D eigenvalue weighted by Gasteiger charge is 2.08. The zero-order chi connectivity index (χ0) is 8.85. The second kappa shape index (κ2) is 5.36. The maximum atomic E-state index is 8.95. The average Bonchev–Trinajstić information content (AvgIpc) is 1.87.